The molecule has 1 aromatic heterocycles. The third-order valence-corrected chi connectivity index (χ3v) is 2.27. The Bertz CT molecular complexity index is 321. The van der Waals surface area contributed by atoms with Gasteiger partial charge in [-0.1, -0.05) is 20.3 Å². The van der Waals surface area contributed by atoms with Crippen LogP contribution in [-0.2, 0) is 6.54 Å². The van der Waals surface area contributed by atoms with Gasteiger partial charge < -0.3 is 27.6 Å². The van der Waals surface area contributed by atoms with E-state index in [1.807, 2.05) is 12.4 Å². The molecule has 2 N–H and O–H groups in total. The molecule has 0 radical (unpaired) electrons. The molecule has 1 heterocycles. The Morgan fingerprint density at radius 3 is 2.33 bits per heavy atom. The Hall–Kier alpha value is -1.05. The van der Waals surface area contributed by atoms with E-state index in [1.54, 1.807) is 0 Å². The minimum absolute atomic E-state index is 0.0897. The van der Waals surface area contributed by atoms with Gasteiger partial charge in [0.15, 0.2) is 0 Å². The van der Waals surface area contributed by atoms with Crippen molar-refractivity contribution in [2.24, 2.45) is 5.73 Å². The maximum absolute atomic E-state index is 9.75. The van der Waals surface area contributed by atoms with Crippen molar-refractivity contribution >= 4 is 7.25 Å². The fourth-order valence-electron chi connectivity index (χ4n) is 1.35. The molecule has 0 aromatic carbocycles. The summed E-state index contributed by atoms with van der Waals surface area (Å²) in [6, 6.07) is 0.0897. The molecule has 106 valence electrons. The van der Waals surface area contributed by atoms with Crippen LogP contribution in [0.4, 0.5) is 17.3 Å². The minimum Gasteiger partial charge on any atom is -0.418 e. The average molecular weight is 268 g/mol. The Morgan fingerprint density at radius 1 is 1.33 bits per heavy atom. The highest BCUT2D eigenvalue weighted by molar-refractivity contribution is 6.50. The number of nitrogens with zero attached hydrogens (tertiary/aromatic N) is 2. The van der Waals surface area contributed by atoms with E-state index in [-0.39, 0.29) is 6.04 Å². The monoisotopic (exact) mass is 268 g/mol. The van der Waals surface area contributed by atoms with Gasteiger partial charge in [-0.2, -0.15) is 0 Å². The van der Waals surface area contributed by atoms with Gasteiger partial charge in [-0.15, -0.1) is 0 Å². The SMILES string of the molecule is CCCCn1ccnc1C(N)CC.F[B-](F)(F)F. The molecule has 0 aliphatic heterocycles. The van der Waals surface area contributed by atoms with E-state index in [4.69, 9.17) is 5.73 Å². The number of hydrogen-bond acceptors (Lipinski definition) is 2. The molecule has 1 atom stereocenters. The van der Waals surface area contributed by atoms with Gasteiger partial charge in [0.1, 0.15) is 5.82 Å². The lowest BCUT2D eigenvalue weighted by Crippen LogP contribution is -2.15. The summed E-state index contributed by atoms with van der Waals surface area (Å²) < 4.78 is 41.2. The summed E-state index contributed by atoms with van der Waals surface area (Å²) >= 11 is 0. The van der Waals surface area contributed by atoms with Gasteiger partial charge in [0.2, 0.25) is 0 Å². The number of unbranched alkanes of at least 4 members (excludes halogenated alkanes) is 1. The van der Waals surface area contributed by atoms with Gasteiger partial charge in [0.25, 0.3) is 0 Å². The number of nitrogens with two attached hydrogens (primary N) is 1. The quantitative estimate of drug-likeness (QED) is 0.657. The molecule has 0 aliphatic rings. The van der Waals surface area contributed by atoms with Gasteiger partial charge in [-0.3, -0.25) is 0 Å². The molecule has 0 amide bonds. The van der Waals surface area contributed by atoms with Crippen LogP contribution in [0.25, 0.3) is 0 Å². The van der Waals surface area contributed by atoms with E-state index in [2.05, 4.69) is 23.4 Å². The van der Waals surface area contributed by atoms with Gasteiger partial charge >= 0.3 is 7.25 Å². The predicted molar refractivity (Wildman–Crippen MR) is 64.5 cm³/mol. The van der Waals surface area contributed by atoms with Gasteiger partial charge in [0, 0.05) is 18.9 Å². The molecule has 3 nitrogen and oxygen atoms in total. The lowest BCUT2D eigenvalue weighted by Gasteiger charge is -2.11. The van der Waals surface area contributed by atoms with Crippen molar-refractivity contribution in [1.82, 2.24) is 9.55 Å². The van der Waals surface area contributed by atoms with Crippen molar-refractivity contribution in [3.63, 3.8) is 0 Å². The zero-order valence-electron chi connectivity index (χ0n) is 10.6. The fourth-order valence-corrected chi connectivity index (χ4v) is 1.35. The third kappa shape index (κ3) is 8.11. The average Bonchev–Trinajstić information content (AvgIpc) is 2.71. The highest BCUT2D eigenvalue weighted by Crippen LogP contribution is 2.11. The summed E-state index contributed by atoms with van der Waals surface area (Å²) in [5.41, 5.74) is 5.93. The molecule has 0 saturated heterocycles. The van der Waals surface area contributed by atoms with Crippen LogP contribution in [-0.4, -0.2) is 16.8 Å². The van der Waals surface area contributed by atoms with E-state index in [1.165, 1.54) is 12.8 Å². The first-order valence-corrected chi connectivity index (χ1v) is 5.93. The second-order valence-corrected chi connectivity index (χ2v) is 3.84. The molecule has 1 unspecified atom stereocenters. The Balaban J connectivity index is 0.000000494. The normalized spacial score (nSPS) is 12.8. The van der Waals surface area contributed by atoms with Gasteiger partial charge in [-0.25, -0.2) is 4.98 Å². The maximum Gasteiger partial charge on any atom is 0.673 e. The smallest absolute Gasteiger partial charge is 0.418 e. The number of rotatable bonds is 5. The summed E-state index contributed by atoms with van der Waals surface area (Å²) in [6.45, 7) is 5.32. The first-order valence-electron chi connectivity index (χ1n) is 5.93. The number of halogens is 4. The molecular weight excluding hydrogens is 249 g/mol. The molecule has 1 rings (SSSR count). The van der Waals surface area contributed by atoms with E-state index >= 15 is 0 Å². The molecule has 8 heteroatoms. The van der Waals surface area contributed by atoms with E-state index in [0.29, 0.717) is 0 Å². The molecule has 0 bridgehead atoms. The van der Waals surface area contributed by atoms with Crippen molar-refractivity contribution in [1.29, 1.82) is 0 Å². The van der Waals surface area contributed by atoms with Crippen LogP contribution in [0.5, 0.6) is 0 Å². The van der Waals surface area contributed by atoms with Crippen LogP contribution < -0.4 is 5.73 Å². The second kappa shape index (κ2) is 8.13. The minimum atomic E-state index is -6.00. The Morgan fingerprint density at radius 2 is 1.89 bits per heavy atom. The Labute approximate surface area is 104 Å². The molecular formula is C10H19BF4N3-. The highest BCUT2D eigenvalue weighted by Gasteiger charge is 2.20. The first kappa shape index (κ1) is 17.0. The summed E-state index contributed by atoms with van der Waals surface area (Å²) in [5.74, 6) is 1.02. The van der Waals surface area contributed by atoms with Crippen molar-refractivity contribution in [2.75, 3.05) is 0 Å². The molecule has 0 spiro atoms. The number of aryl methyl sites for hydroxylation is 1. The molecule has 0 fully saturated rings. The van der Waals surface area contributed by atoms with Crippen molar-refractivity contribution in [3.05, 3.63) is 18.2 Å². The van der Waals surface area contributed by atoms with Crippen LogP contribution in [0, 0.1) is 0 Å². The number of imidazole rings is 1. The molecule has 0 aliphatic carbocycles. The lowest BCUT2D eigenvalue weighted by molar-refractivity contribution is 0.368. The third-order valence-electron chi connectivity index (χ3n) is 2.27. The number of hydrogen-bond donors (Lipinski definition) is 1. The standard InChI is InChI=1S/C10H19N3.BF4/c1-3-5-7-13-8-6-12-10(13)9(11)4-2;2-1(3,4)5/h6,8-9H,3-5,7,11H2,1-2H3;/q;-1. The van der Waals surface area contributed by atoms with Crippen LogP contribution >= 0.6 is 0 Å². The first-order chi connectivity index (χ1) is 8.29. The van der Waals surface area contributed by atoms with Gasteiger partial charge in [-0.05, 0) is 12.8 Å². The van der Waals surface area contributed by atoms with E-state index in [9.17, 15) is 17.3 Å². The fraction of sp³-hybridized carbons (Fsp3) is 0.700. The zero-order valence-corrected chi connectivity index (χ0v) is 10.6. The molecule has 1 aromatic rings. The summed E-state index contributed by atoms with van der Waals surface area (Å²) in [7, 11) is -6.00. The van der Waals surface area contributed by atoms with Crippen LogP contribution in [0.3, 0.4) is 0 Å². The summed E-state index contributed by atoms with van der Waals surface area (Å²) in [6.07, 6.45) is 7.20. The maximum atomic E-state index is 9.75. The van der Waals surface area contributed by atoms with Crippen molar-refractivity contribution < 1.29 is 17.3 Å². The van der Waals surface area contributed by atoms with Crippen molar-refractivity contribution in [3.8, 4) is 0 Å². The second-order valence-electron chi connectivity index (χ2n) is 3.84. The number of aromatic nitrogens is 2. The van der Waals surface area contributed by atoms with Crippen molar-refractivity contribution in [2.45, 2.75) is 45.7 Å². The van der Waals surface area contributed by atoms with Gasteiger partial charge in [0.05, 0.1) is 6.04 Å². The van der Waals surface area contributed by atoms with E-state index < -0.39 is 7.25 Å². The Kier molecular flexibility index (Phi) is 7.65. The largest absolute Gasteiger partial charge is 0.673 e. The lowest BCUT2D eigenvalue weighted by atomic mass is 10.2. The summed E-state index contributed by atoms with van der Waals surface area (Å²) in [4.78, 5) is 4.28. The molecule has 0 saturated carbocycles. The topological polar surface area (TPSA) is 43.8 Å². The highest BCUT2D eigenvalue weighted by atomic mass is 19.5. The van der Waals surface area contributed by atoms with Crippen LogP contribution in [0.15, 0.2) is 12.4 Å². The molecule has 18 heavy (non-hydrogen) atoms. The van der Waals surface area contributed by atoms with Crippen LogP contribution in [0.2, 0.25) is 0 Å². The van der Waals surface area contributed by atoms with E-state index in [0.717, 1.165) is 18.8 Å². The summed E-state index contributed by atoms with van der Waals surface area (Å²) in [5, 5.41) is 0. The van der Waals surface area contributed by atoms with Crippen LogP contribution in [0.1, 0.15) is 45.0 Å². The predicted octanol–water partition coefficient (Wildman–Crippen LogP) is 3.39. The zero-order chi connectivity index (χ0) is 14.2.